The Morgan fingerprint density at radius 2 is 2.18 bits per heavy atom. The predicted molar refractivity (Wildman–Crippen MR) is 93.2 cm³/mol. The molecule has 4 rings (SSSR count). The fourth-order valence-electron chi connectivity index (χ4n) is 7.01. The average molecular weight is 294 g/mol. The van der Waals surface area contributed by atoms with Crippen LogP contribution >= 0.6 is 0 Å². The lowest BCUT2D eigenvalue weighted by Crippen LogP contribution is -2.48. The van der Waals surface area contributed by atoms with E-state index in [1.165, 1.54) is 57.8 Å². The summed E-state index contributed by atoms with van der Waals surface area (Å²) in [6, 6.07) is 0. The summed E-state index contributed by atoms with van der Waals surface area (Å²) in [5.74, 6) is 7.04. The Morgan fingerprint density at radius 1 is 1.32 bits per heavy atom. The van der Waals surface area contributed by atoms with E-state index in [0.29, 0.717) is 11.3 Å². The van der Waals surface area contributed by atoms with Crippen molar-refractivity contribution >= 4 is 0 Å². The number of hydrogen-bond acceptors (Lipinski definition) is 0. The van der Waals surface area contributed by atoms with Gasteiger partial charge in [-0.3, -0.25) is 0 Å². The molecule has 118 valence electrons. The highest BCUT2D eigenvalue weighted by Gasteiger charge is 2.58. The maximum Gasteiger partial charge on any atom is 0.0262 e. The van der Waals surface area contributed by atoms with Crippen LogP contribution in [-0.4, -0.2) is 0 Å². The van der Waals surface area contributed by atoms with Gasteiger partial charge in [-0.2, -0.15) is 0 Å². The van der Waals surface area contributed by atoms with E-state index >= 15 is 0 Å². The molecule has 6 atom stereocenters. The van der Waals surface area contributed by atoms with Crippen LogP contribution in [0, 0.1) is 47.3 Å². The van der Waals surface area contributed by atoms with Crippen molar-refractivity contribution in [2.75, 3.05) is 0 Å². The molecule has 4 aliphatic rings. The van der Waals surface area contributed by atoms with Crippen molar-refractivity contribution in [3.8, 4) is 12.3 Å². The summed E-state index contributed by atoms with van der Waals surface area (Å²) in [4.78, 5) is 0. The molecule has 0 aromatic rings. The zero-order chi connectivity index (χ0) is 15.3. The molecule has 0 radical (unpaired) electrons. The Bertz CT molecular complexity index is 545. The first-order chi connectivity index (χ1) is 10.7. The lowest BCUT2D eigenvalue weighted by atomic mass is 9.49. The highest BCUT2D eigenvalue weighted by Crippen LogP contribution is 2.66. The average Bonchev–Trinajstić information content (AvgIpc) is 2.93. The molecule has 0 saturated heterocycles. The van der Waals surface area contributed by atoms with Crippen molar-refractivity contribution in [3.05, 3.63) is 23.8 Å². The van der Waals surface area contributed by atoms with Crippen LogP contribution < -0.4 is 0 Å². The first-order valence-electron chi connectivity index (χ1n) is 9.54. The molecular formula is C22H30. The molecule has 0 spiro atoms. The third-order valence-corrected chi connectivity index (χ3v) is 7.87. The molecule has 0 aromatic heterocycles. The summed E-state index contributed by atoms with van der Waals surface area (Å²) in [6.45, 7) is 7.00. The van der Waals surface area contributed by atoms with E-state index in [1.807, 2.05) is 0 Å². The molecule has 0 N–H and O–H groups in total. The van der Waals surface area contributed by atoms with Crippen molar-refractivity contribution in [1.29, 1.82) is 0 Å². The predicted octanol–water partition coefficient (Wildman–Crippen LogP) is 5.75. The van der Waals surface area contributed by atoms with Gasteiger partial charge in [0.25, 0.3) is 0 Å². The zero-order valence-corrected chi connectivity index (χ0v) is 14.1. The number of terminal acetylenes is 1. The number of rotatable bonds is 1. The van der Waals surface area contributed by atoms with Crippen LogP contribution in [-0.2, 0) is 0 Å². The largest absolute Gasteiger partial charge is 0.120 e. The van der Waals surface area contributed by atoms with Crippen LogP contribution in [0.25, 0.3) is 0 Å². The number of allylic oxidation sites excluding steroid dienone is 3. The van der Waals surface area contributed by atoms with Crippen LogP contribution in [0.15, 0.2) is 23.8 Å². The molecule has 0 bridgehead atoms. The first kappa shape index (κ1) is 14.6. The van der Waals surface area contributed by atoms with Gasteiger partial charge in [0.15, 0.2) is 0 Å². The summed E-state index contributed by atoms with van der Waals surface area (Å²) in [6.07, 6.45) is 20.5. The molecule has 3 saturated carbocycles. The third kappa shape index (κ3) is 1.84. The van der Waals surface area contributed by atoms with Gasteiger partial charge >= 0.3 is 0 Å². The van der Waals surface area contributed by atoms with E-state index < -0.39 is 0 Å². The second-order valence-corrected chi connectivity index (χ2v) is 8.37. The van der Waals surface area contributed by atoms with E-state index in [0.717, 1.165) is 23.7 Å². The maximum absolute atomic E-state index is 5.93. The van der Waals surface area contributed by atoms with Crippen LogP contribution in [0.3, 0.4) is 0 Å². The smallest absolute Gasteiger partial charge is 0.0262 e. The van der Waals surface area contributed by atoms with Gasteiger partial charge in [-0.25, -0.2) is 0 Å². The molecule has 4 aliphatic carbocycles. The monoisotopic (exact) mass is 294 g/mol. The molecule has 0 heterocycles. The molecule has 0 unspecified atom stereocenters. The van der Waals surface area contributed by atoms with Crippen LogP contribution in [0.2, 0.25) is 0 Å². The van der Waals surface area contributed by atoms with Crippen molar-refractivity contribution in [1.82, 2.24) is 0 Å². The second-order valence-electron chi connectivity index (χ2n) is 8.37. The molecule has 3 fully saturated rings. The lowest BCUT2D eigenvalue weighted by molar-refractivity contribution is 0.0108. The lowest BCUT2D eigenvalue weighted by Gasteiger charge is -2.55. The van der Waals surface area contributed by atoms with Crippen molar-refractivity contribution in [2.24, 2.45) is 35.0 Å². The highest BCUT2D eigenvalue weighted by molar-refractivity contribution is 5.28. The van der Waals surface area contributed by atoms with Gasteiger partial charge in [0, 0.05) is 5.92 Å². The fraction of sp³-hybridized carbons (Fsp3) is 0.727. The van der Waals surface area contributed by atoms with Gasteiger partial charge in [-0.05, 0) is 86.9 Å². The summed E-state index contributed by atoms with van der Waals surface area (Å²) in [5, 5.41) is 0. The maximum atomic E-state index is 5.93. The summed E-state index contributed by atoms with van der Waals surface area (Å²) in [5.41, 5.74) is 3.73. The van der Waals surface area contributed by atoms with Crippen LogP contribution in [0.4, 0.5) is 0 Å². The molecule has 0 aromatic carbocycles. The molecule has 0 aliphatic heterocycles. The van der Waals surface area contributed by atoms with E-state index in [-0.39, 0.29) is 0 Å². The quantitative estimate of drug-likeness (QED) is 0.426. The summed E-state index contributed by atoms with van der Waals surface area (Å²) in [7, 11) is 0. The van der Waals surface area contributed by atoms with E-state index in [1.54, 1.807) is 11.1 Å². The van der Waals surface area contributed by atoms with Crippen molar-refractivity contribution < 1.29 is 0 Å². The Labute approximate surface area is 136 Å². The van der Waals surface area contributed by atoms with Gasteiger partial charge < -0.3 is 0 Å². The minimum atomic E-state index is 0.392. The Hall–Kier alpha value is -0.960. The van der Waals surface area contributed by atoms with Gasteiger partial charge in [-0.1, -0.05) is 30.7 Å². The number of fused-ring (bicyclic) bond motifs is 5. The van der Waals surface area contributed by atoms with Gasteiger partial charge in [-0.15, -0.1) is 12.3 Å². The fourth-order valence-corrected chi connectivity index (χ4v) is 7.01. The third-order valence-electron chi connectivity index (χ3n) is 7.87. The second kappa shape index (κ2) is 5.30. The Morgan fingerprint density at radius 3 is 2.95 bits per heavy atom. The molecule has 22 heavy (non-hydrogen) atoms. The van der Waals surface area contributed by atoms with E-state index in [4.69, 9.17) is 6.42 Å². The number of hydrogen-bond donors (Lipinski definition) is 0. The normalized spacial score (nSPS) is 47.0. The minimum absolute atomic E-state index is 0.392. The van der Waals surface area contributed by atoms with Gasteiger partial charge in [0.05, 0.1) is 0 Å². The highest BCUT2D eigenvalue weighted by atomic mass is 14.6. The van der Waals surface area contributed by atoms with Crippen LogP contribution in [0.5, 0.6) is 0 Å². The Kier molecular flexibility index (Phi) is 3.52. The topological polar surface area (TPSA) is 0 Å². The van der Waals surface area contributed by atoms with E-state index in [2.05, 4.69) is 25.5 Å². The first-order valence-corrected chi connectivity index (χ1v) is 9.54. The van der Waals surface area contributed by atoms with Crippen LogP contribution in [0.1, 0.15) is 64.7 Å². The Balaban J connectivity index is 1.71. The minimum Gasteiger partial charge on any atom is -0.120 e. The zero-order valence-electron chi connectivity index (χ0n) is 14.1. The summed E-state index contributed by atoms with van der Waals surface area (Å²) >= 11 is 0. The molecule has 0 amide bonds. The SMILES string of the molecule is C#C[C@@H]1CC[C@H]2[C@@H]3CCC4=CCCC[C@@H]4[C@H]3C(=C)C[C@]12CC. The van der Waals surface area contributed by atoms with Crippen molar-refractivity contribution in [3.63, 3.8) is 0 Å². The van der Waals surface area contributed by atoms with Crippen molar-refractivity contribution in [2.45, 2.75) is 64.7 Å². The summed E-state index contributed by atoms with van der Waals surface area (Å²) < 4.78 is 0. The molecule has 0 heteroatoms. The van der Waals surface area contributed by atoms with Gasteiger partial charge in [0.1, 0.15) is 0 Å². The van der Waals surface area contributed by atoms with E-state index in [9.17, 15) is 0 Å². The molecule has 0 nitrogen and oxygen atoms in total. The van der Waals surface area contributed by atoms with Gasteiger partial charge in [0.2, 0.25) is 0 Å². The molecular weight excluding hydrogens is 264 g/mol. The standard InChI is InChI=1S/C22H30/c1-4-17-11-13-20-19-12-10-16-8-6-7-9-18(16)21(19)15(3)14-22(17,20)5-2/h1,8,17-21H,3,5-7,9-14H2,2H3/t17-,18+,19+,20+,21-,22-/m1/s1.